The maximum absolute atomic E-state index is 11.9. The number of hydrogen-bond donors (Lipinski definition) is 1. The Bertz CT molecular complexity index is 885. The second-order valence-electron chi connectivity index (χ2n) is 5.01. The van der Waals surface area contributed by atoms with Gasteiger partial charge in [-0.2, -0.15) is 0 Å². The number of benzene rings is 1. The summed E-state index contributed by atoms with van der Waals surface area (Å²) in [5.41, 5.74) is 1.82. The Morgan fingerprint density at radius 3 is 2.96 bits per heavy atom. The number of halogens is 1. The quantitative estimate of drug-likeness (QED) is 0.651. The highest BCUT2D eigenvalue weighted by molar-refractivity contribution is 7.15. The Hall–Kier alpha value is -2.02. The zero-order valence-electron chi connectivity index (χ0n) is 12.8. The van der Waals surface area contributed by atoms with Gasteiger partial charge < -0.3 is 0 Å². The predicted molar refractivity (Wildman–Crippen MR) is 101 cm³/mol. The lowest BCUT2D eigenvalue weighted by Gasteiger charge is -2.00. The molecule has 0 saturated carbocycles. The molecular formula is C17H14ClN3OS2. The summed E-state index contributed by atoms with van der Waals surface area (Å²) in [5.74, 6) is -0.223. The molecule has 0 bridgehead atoms. The van der Waals surface area contributed by atoms with Gasteiger partial charge in [0.05, 0.1) is 10.7 Å². The summed E-state index contributed by atoms with van der Waals surface area (Å²) in [6.07, 6.45) is 5.61. The second kappa shape index (κ2) is 7.70. The van der Waals surface area contributed by atoms with E-state index in [0.717, 1.165) is 26.2 Å². The van der Waals surface area contributed by atoms with Crippen LogP contribution in [-0.4, -0.2) is 15.9 Å². The molecule has 2 heterocycles. The van der Waals surface area contributed by atoms with Crippen LogP contribution in [-0.2, 0) is 11.2 Å². The molecule has 0 saturated heterocycles. The molecule has 4 nitrogen and oxygen atoms in total. The average molecular weight is 376 g/mol. The maximum atomic E-state index is 11.9. The summed E-state index contributed by atoms with van der Waals surface area (Å²) < 4.78 is 0. The highest BCUT2D eigenvalue weighted by Crippen LogP contribution is 2.24. The van der Waals surface area contributed by atoms with E-state index in [1.54, 1.807) is 23.6 Å². The molecular weight excluding hydrogens is 362 g/mol. The Kier molecular flexibility index (Phi) is 5.40. The highest BCUT2D eigenvalue weighted by Gasteiger charge is 2.07. The molecule has 0 fully saturated rings. The van der Waals surface area contributed by atoms with Gasteiger partial charge in [0, 0.05) is 34.0 Å². The molecule has 0 atom stereocenters. The van der Waals surface area contributed by atoms with Crippen LogP contribution in [0.2, 0.25) is 5.02 Å². The van der Waals surface area contributed by atoms with Crippen LogP contribution in [0.1, 0.15) is 21.1 Å². The monoisotopic (exact) mass is 375 g/mol. The zero-order valence-corrected chi connectivity index (χ0v) is 15.2. The summed E-state index contributed by atoms with van der Waals surface area (Å²) in [4.78, 5) is 21.5. The van der Waals surface area contributed by atoms with Gasteiger partial charge in [-0.3, -0.25) is 10.1 Å². The zero-order chi connectivity index (χ0) is 16.9. The van der Waals surface area contributed by atoms with Crippen LogP contribution in [0.3, 0.4) is 0 Å². The molecule has 2 aromatic heterocycles. The Morgan fingerprint density at radius 2 is 2.21 bits per heavy atom. The van der Waals surface area contributed by atoms with Crippen LogP contribution < -0.4 is 5.32 Å². The number of nitrogens with one attached hydrogen (secondary N) is 1. The first-order valence-electron chi connectivity index (χ1n) is 7.19. The first-order valence-corrected chi connectivity index (χ1v) is 9.27. The fourth-order valence-electron chi connectivity index (χ4n) is 2.04. The molecule has 0 spiro atoms. The fourth-order valence-corrected chi connectivity index (χ4v) is 3.66. The van der Waals surface area contributed by atoms with Crippen molar-refractivity contribution in [3.05, 3.63) is 68.1 Å². The molecule has 1 N–H and O–H groups in total. The van der Waals surface area contributed by atoms with Crippen LogP contribution in [0.4, 0.5) is 5.13 Å². The van der Waals surface area contributed by atoms with Gasteiger partial charge in [-0.25, -0.2) is 9.97 Å². The topological polar surface area (TPSA) is 54.9 Å². The van der Waals surface area contributed by atoms with Crippen molar-refractivity contribution >= 4 is 51.4 Å². The summed E-state index contributed by atoms with van der Waals surface area (Å²) in [6.45, 7) is 1.93. The predicted octanol–water partition coefficient (Wildman–Crippen LogP) is 4.80. The first kappa shape index (κ1) is 16.8. The van der Waals surface area contributed by atoms with Crippen LogP contribution in [0, 0.1) is 6.92 Å². The molecule has 0 unspecified atom stereocenters. The fraction of sp³-hybridized carbons (Fsp3) is 0.118. The normalized spacial score (nSPS) is 11.1. The van der Waals surface area contributed by atoms with Crippen molar-refractivity contribution in [1.82, 2.24) is 9.97 Å². The number of carbonyl (C=O) groups excluding carboxylic acids is 1. The van der Waals surface area contributed by atoms with Gasteiger partial charge in [-0.1, -0.05) is 29.8 Å². The SMILES string of the molecule is Cc1nc(/C=C/C(=O)Nc2ncc(Cc3ccccc3Cl)s2)cs1. The number of amides is 1. The molecule has 1 aromatic carbocycles. The third-order valence-corrected chi connectivity index (χ3v) is 5.22. The van der Waals surface area contributed by atoms with Gasteiger partial charge in [0.15, 0.2) is 5.13 Å². The molecule has 0 aliphatic rings. The first-order chi connectivity index (χ1) is 11.6. The summed E-state index contributed by atoms with van der Waals surface area (Å²) >= 11 is 9.16. The van der Waals surface area contributed by atoms with Gasteiger partial charge in [-0.05, 0) is 24.6 Å². The smallest absolute Gasteiger partial charge is 0.250 e. The van der Waals surface area contributed by atoms with Crippen molar-refractivity contribution in [3.8, 4) is 0 Å². The number of carbonyl (C=O) groups is 1. The van der Waals surface area contributed by atoms with E-state index in [-0.39, 0.29) is 5.91 Å². The molecule has 0 aliphatic carbocycles. The Morgan fingerprint density at radius 1 is 1.38 bits per heavy atom. The number of thiazole rings is 2. The number of nitrogens with zero attached hydrogens (tertiary/aromatic N) is 2. The molecule has 1 amide bonds. The van der Waals surface area contributed by atoms with E-state index >= 15 is 0 Å². The van der Waals surface area contributed by atoms with Crippen molar-refractivity contribution < 1.29 is 4.79 Å². The molecule has 7 heteroatoms. The minimum absolute atomic E-state index is 0.223. The van der Waals surface area contributed by atoms with Crippen molar-refractivity contribution in [1.29, 1.82) is 0 Å². The summed E-state index contributed by atoms with van der Waals surface area (Å²) in [6, 6.07) is 7.71. The van der Waals surface area contributed by atoms with Gasteiger partial charge in [-0.15, -0.1) is 22.7 Å². The molecule has 122 valence electrons. The molecule has 0 radical (unpaired) electrons. The lowest BCUT2D eigenvalue weighted by atomic mass is 10.1. The van der Waals surface area contributed by atoms with E-state index in [1.807, 2.05) is 36.6 Å². The largest absolute Gasteiger partial charge is 0.298 e. The second-order valence-corrected chi connectivity index (χ2v) is 7.60. The van der Waals surface area contributed by atoms with Gasteiger partial charge in [0.2, 0.25) is 5.91 Å². The Labute approximate surface area is 152 Å². The van der Waals surface area contributed by atoms with Crippen LogP contribution in [0.5, 0.6) is 0 Å². The molecule has 0 aliphatic heterocycles. The van der Waals surface area contributed by atoms with E-state index in [1.165, 1.54) is 17.4 Å². The number of rotatable bonds is 5. The van der Waals surface area contributed by atoms with Crippen molar-refractivity contribution in [2.24, 2.45) is 0 Å². The maximum Gasteiger partial charge on any atom is 0.250 e. The summed E-state index contributed by atoms with van der Waals surface area (Å²) in [5, 5.41) is 6.95. The van der Waals surface area contributed by atoms with E-state index < -0.39 is 0 Å². The molecule has 3 aromatic rings. The van der Waals surface area contributed by atoms with Crippen LogP contribution in [0.15, 0.2) is 41.9 Å². The standard InChI is InChI=1S/C17H14ClN3OS2/c1-11-20-13(10-23-11)6-7-16(22)21-17-19-9-14(24-17)8-12-4-2-3-5-15(12)18/h2-7,9-10H,8H2,1H3,(H,19,21,22)/b7-6+. The number of aryl methyl sites for hydroxylation is 1. The number of aromatic nitrogens is 2. The number of anilines is 1. The molecule has 24 heavy (non-hydrogen) atoms. The van der Waals surface area contributed by atoms with Crippen molar-refractivity contribution in [2.45, 2.75) is 13.3 Å². The highest BCUT2D eigenvalue weighted by atomic mass is 35.5. The van der Waals surface area contributed by atoms with E-state index in [0.29, 0.717) is 11.6 Å². The third-order valence-electron chi connectivity index (χ3n) is 3.15. The van der Waals surface area contributed by atoms with Crippen molar-refractivity contribution in [3.63, 3.8) is 0 Å². The van der Waals surface area contributed by atoms with Crippen molar-refractivity contribution in [2.75, 3.05) is 5.32 Å². The lowest BCUT2D eigenvalue weighted by Crippen LogP contribution is -2.07. The molecule has 3 rings (SSSR count). The van der Waals surface area contributed by atoms with E-state index in [9.17, 15) is 4.79 Å². The van der Waals surface area contributed by atoms with Crippen LogP contribution >= 0.6 is 34.3 Å². The van der Waals surface area contributed by atoms with Gasteiger partial charge in [0.1, 0.15) is 0 Å². The number of hydrogen-bond acceptors (Lipinski definition) is 5. The Balaban J connectivity index is 1.60. The van der Waals surface area contributed by atoms with E-state index in [2.05, 4.69) is 15.3 Å². The van der Waals surface area contributed by atoms with Crippen LogP contribution in [0.25, 0.3) is 6.08 Å². The van der Waals surface area contributed by atoms with Gasteiger partial charge in [0.25, 0.3) is 0 Å². The summed E-state index contributed by atoms with van der Waals surface area (Å²) in [7, 11) is 0. The lowest BCUT2D eigenvalue weighted by molar-refractivity contribution is -0.111. The minimum atomic E-state index is -0.223. The van der Waals surface area contributed by atoms with Gasteiger partial charge >= 0.3 is 0 Å². The third kappa shape index (κ3) is 4.50. The average Bonchev–Trinajstić information content (AvgIpc) is 3.17. The minimum Gasteiger partial charge on any atom is -0.298 e. The van der Waals surface area contributed by atoms with E-state index in [4.69, 9.17) is 11.6 Å².